The lowest BCUT2D eigenvalue weighted by Gasteiger charge is -2.28. The summed E-state index contributed by atoms with van der Waals surface area (Å²) >= 11 is 0. The molecule has 32 heavy (non-hydrogen) atoms. The Morgan fingerprint density at radius 2 is 1.75 bits per heavy atom. The Morgan fingerprint density at radius 1 is 1.00 bits per heavy atom. The second-order valence-corrected chi connectivity index (χ2v) is 8.86. The van der Waals surface area contributed by atoms with Crippen LogP contribution >= 0.6 is 0 Å². The van der Waals surface area contributed by atoms with Crippen molar-refractivity contribution in [1.82, 2.24) is 10.0 Å². The number of amides is 1. The third kappa shape index (κ3) is 4.39. The second kappa shape index (κ2) is 8.89. The topological polar surface area (TPSA) is 106 Å². The van der Waals surface area contributed by atoms with E-state index in [0.29, 0.717) is 28.3 Å². The van der Waals surface area contributed by atoms with Gasteiger partial charge in [0.2, 0.25) is 10.0 Å². The summed E-state index contributed by atoms with van der Waals surface area (Å²) in [4.78, 5) is 12.8. The van der Waals surface area contributed by atoms with Gasteiger partial charge in [0, 0.05) is 23.7 Å². The van der Waals surface area contributed by atoms with Crippen LogP contribution in [0, 0.1) is 0 Å². The van der Waals surface area contributed by atoms with Crippen LogP contribution < -0.4 is 24.8 Å². The Balaban J connectivity index is 1.45. The van der Waals surface area contributed by atoms with Crippen LogP contribution in [0.1, 0.15) is 27.7 Å². The molecule has 1 heterocycles. The van der Waals surface area contributed by atoms with Crippen molar-refractivity contribution in [2.45, 2.75) is 17.6 Å². The van der Waals surface area contributed by atoms with Crippen molar-refractivity contribution in [2.24, 2.45) is 0 Å². The Morgan fingerprint density at radius 3 is 2.47 bits per heavy atom. The van der Waals surface area contributed by atoms with E-state index in [9.17, 15) is 13.2 Å². The number of para-hydroxylation sites is 1. The number of ether oxygens (including phenoxy) is 2. The molecule has 0 radical (unpaired) electrons. The van der Waals surface area contributed by atoms with Crippen LogP contribution in [0.3, 0.4) is 0 Å². The number of methoxy groups -OCH3 is 2. The summed E-state index contributed by atoms with van der Waals surface area (Å²) in [5, 5.41) is 6.04. The molecule has 0 unspecified atom stereocenters. The summed E-state index contributed by atoms with van der Waals surface area (Å²) in [7, 11) is -0.493. The normalized spacial score (nSPS) is 16.4. The average Bonchev–Trinajstić information content (AvgIpc) is 2.82. The number of hydrogen-bond acceptors (Lipinski definition) is 6. The van der Waals surface area contributed by atoms with E-state index in [1.165, 1.54) is 0 Å². The molecule has 0 spiro atoms. The number of carbonyl (C=O) groups is 1. The van der Waals surface area contributed by atoms with Gasteiger partial charge in [0.05, 0.1) is 19.9 Å². The zero-order valence-electron chi connectivity index (χ0n) is 17.6. The molecule has 4 rings (SSSR count). The number of benzene rings is 3. The van der Waals surface area contributed by atoms with Crippen LogP contribution in [0.4, 0.5) is 5.69 Å². The molecule has 3 aromatic rings. The quantitative estimate of drug-likeness (QED) is 0.530. The molecule has 0 fully saturated rings. The summed E-state index contributed by atoms with van der Waals surface area (Å²) in [5.74, 6) is 1.04. The monoisotopic (exact) mass is 453 g/mol. The molecule has 1 amide bonds. The summed E-state index contributed by atoms with van der Waals surface area (Å²) < 4.78 is 38.2. The first-order valence-corrected chi connectivity index (χ1v) is 11.4. The van der Waals surface area contributed by atoms with E-state index >= 15 is 0 Å². The fraction of sp³-hybridized carbons (Fsp3) is 0.174. The molecular weight excluding hydrogens is 430 g/mol. The minimum atomic E-state index is -3.63. The molecule has 0 aliphatic carbocycles. The molecule has 1 aliphatic rings. The number of hydrogen-bond donors (Lipinski definition) is 3. The van der Waals surface area contributed by atoms with Crippen molar-refractivity contribution in [3.63, 3.8) is 0 Å². The minimum absolute atomic E-state index is 0.209. The first kappa shape index (κ1) is 21.7. The van der Waals surface area contributed by atoms with Crippen LogP contribution in [0.15, 0.2) is 71.6 Å². The van der Waals surface area contributed by atoms with Crippen molar-refractivity contribution in [2.75, 3.05) is 19.5 Å². The molecular formula is C23H23N3O5S. The van der Waals surface area contributed by atoms with Crippen LogP contribution in [0.5, 0.6) is 11.5 Å². The number of nitrogens with one attached hydrogen (secondary N) is 3. The number of fused-ring (bicyclic) bond motifs is 1. The van der Waals surface area contributed by atoms with Gasteiger partial charge in [0.1, 0.15) is 22.6 Å². The molecule has 1 aliphatic heterocycles. The molecule has 0 bridgehead atoms. The van der Waals surface area contributed by atoms with Crippen molar-refractivity contribution in [1.29, 1.82) is 0 Å². The lowest BCUT2D eigenvalue weighted by Crippen LogP contribution is -2.38. The summed E-state index contributed by atoms with van der Waals surface area (Å²) in [5.41, 5.74) is 2.50. The highest BCUT2D eigenvalue weighted by atomic mass is 32.2. The predicted molar refractivity (Wildman–Crippen MR) is 120 cm³/mol. The maximum absolute atomic E-state index is 12.6. The van der Waals surface area contributed by atoms with Crippen molar-refractivity contribution in [3.05, 3.63) is 83.4 Å². The van der Waals surface area contributed by atoms with Gasteiger partial charge in [0.25, 0.3) is 5.91 Å². The summed E-state index contributed by atoms with van der Waals surface area (Å²) in [6, 6.07) is 18.9. The predicted octanol–water partition coefficient (Wildman–Crippen LogP) is 3.04. The first-order valence-electron chi connectivity index (χ1n) is 9.88. The Labute approximate surface area is 186 Å². The molecule has 8 nitrogen and oxygen atoms in total. The lowest BCUT2D eigenvalue weighted by molar-refractivity contribution is 0.0950. The van der Waals surface area contributed by atoms with Crippen LogP contribution in [-0.2, 0) is 16.6 Å². The third-order valence-corrected chi connectivity index (χ3v) is 6.67. The lowest BCUT2D eigenvalue weighted by atomic mass is 10.1. The smallest absolute Gasteiger partial charge is 0.251 e. The van der Waals surface area contributed by atoms with Gasteiger partial charge < -0.3 is 20.1 Å². The van der Waals surface area contributed by atoms with Crippen molar-refractivity contribution in [3.8, 4) is 11.5 Å². The van der Waals surface area contributed by atoms with Gasteiger partial charge in [-0.2, -0.15) is 4.72 Å². The standard InChI is InChI=1S/C23H23N3O5S/c1-30-18-12-11-17(20(13-18)31-2)14-24-23(27)16-9-7-15(8-10-16)22-25-19-5-3-4-6-21(19)32(28,29)26-22/h3-13,22,25-26H,14H2,1-2H3,(H,24,27)/t22-/m1/s1. The van der Waals surface area contributed by atoms with Gasteiger partial charge in [-0.1, -0.05) is 24.3 Å². The number of rotatable bonds is 6. The largest absolute Gasteiger partial charge is 0.497 e. The molecule has 3 aromatic carbocycles. The van der Waals surface area contributed by atoms with Gasteiger partial charge in [-0.15, -0.1) is 0 Å². The third-order valence-electron chi connectivity index (χ3n) is 5.19. The van der Waals surface area contributed by atoms with E-state index in [0.717, 1.165) is 5.56 Å². The maximum atomic E-state index is 12.6. The van der Waals surface area contributed by atoms with E-state index in [1.807, 2.05) is 6.07 Å². The van der Waals surface area contributed by atoms with E-state index < -0.39 is 16.2 Å². The molecule has 3 N–H and O–H groups in total. The molecule has 1 atom stereocenters. The Bertz CT molecular complexity index is 1240. The van der Waals surface area contributed by atoms with E-state index in [1.54, 1.807) is 74.9 Å². The van der Waals surface area contributed by atoms with Crippen LogP contribution in [0.25, 0.3) is 0 Å². The second-order valence-electron chi connectivity index (χ2n) is 7.18. The van der Waals surface area contributed by atoms with Gasteiger partial charge in [0.15, 0.2) is 0 Å². The van der Waals surface area contributed by atoms with Crippen molar-refractivity contribution >= 4 is 21.6 Å². The van der Waals surface area contributed by atoms with Gasteiger partial charge in [-0.25, -0.2) is 8.42 Å². The minimum Gasteiger partial charge on any atom is -0.497 e. The fourth-order valence-electron chi connectivity index (χ4n) is 3.48. The molecule has 0 saturated heterocycles. The molecule has 0 aromatic heterocycles. The highest BCUT2D eigenvalue weighted by Gasteiger charge is 2.29. The summed E-state index contributed by atoms with van der Waals surface area (Å²) in [6.07, 6.45) is -0.629. The fourth-order valence-corrected chi connectivity index (χ4v) is 4.78. The maximum Gasteiger partial charge on any atom is 0.251 e. The first-order chi connectivity index (χ1) is 15.4. The average molecular weight is 454 g/mol. The van der Waals surface area contributed by atoms with E-state index in [2.05, 4.69) is 15.4 Å². The molecule has 166 valence electrons. The Kier molecular flexibility index (Phi) is 6.02. The van der Waals surface area contributed by atoms with Gasteiger partial charge in [-0.05, 0) is 42.0 Å². The van der Waals surface area contributed by atoms with E-state index in [-0.39, 0.29) is 17.3 Å². The molecule has 9 heteroatoms. The van der Waals surface area contributed by atoms with E-state index in [4.69, 9.17) is 9.47 Å². The highest BCUT2D eigenvalue weighted by molar-refractivity contribution is 7.89. The van der Waals surface area contributed by atoms with Crippen molar-refractivity contribution < 1.29 is 22.7 Å². The number of sulfonamides is 1. The zero-order chi connectivity index (χ0) is 22.7. The van der Waals surface area contributed by atoms with Gasteiger partial charge >= 0.3 is 0 Å². The SMILES string of the molecule is COc1ccc(CNC(=O)c2ccc([C@@H]3Nc4ccccc4S(=O)(=O)N3)cc2)c(OC)c1. The van der Waals surface area contributed by atoms with Crippen LogP contribution in [0.2, 0.25) is 0 Å². The summed E-state index contributed by atoms with van der Waals surface area (Å²) in [6.45, 7) is 0.286. The Hall–Kier alpha value is -3.56. The number of carbonyl (C=O) groups excluding carboxylic acids is 1. The zero-order valence-corrected chi connectivity index (χ0v) is 18.4. The highest BCUT2D eigenvalue weighted by Crippen LogP contribution is 2.31. The van der Waals surface area contributed by atoms with Crippen LogP contribution in [-0.4, -0.2) is 28.5 Å². The number of anilines is 1. The van der Waals surface area contributed by atoms with Gasteiger partial charge in [-0.3, -0.25) is 4.79 Å². The molecule has 0 saturated carbocycles.